The predicted octanol–water partition coefficient (Wildman–Crippen LogP) is 2.00. The van der Waals surface area contributed by atoms with E-state index >= 15 is 0 Å². The van der Waals surface area contributed by atoms with Crippen molar-refractivity contribution in [2.75, 3.05) is 0 Å². The molecule has 7 heteroatoms. The highest BCUT2D eigenvalue weighted by Crippen LogP contribution is 2.26. The van der Waals surface area contributed by atoms with Crippen molar-refractivity contribution in [1.82, 2.24) is 10.3 Å². The summed E-state index contributed by atoms with van der Waals surface area (Å²) in [6, 6.07) is 10.1. The molecule has 0 aliphatic rings. The van der Waals surface area contributed by atoms with Gasteiger partial charge in [0.05, 0.1) is 0 Å². The summed E-state index contributed by atoms with van der Waals surface area (Å²) in [6.07, 6.45) is 1.75. The normalized spacial score (nSPS) is 12.0. The second-order valence-electron chi connectivity index (χ2n) is 5.60. The molecule has 0 radical (unpaired) electrons. The molecule has 3 aromatic rings. The van der Waals surface area contributed by atoms with Gasteiger partial charge in [0, 0.05) is 23.5 Å². The fourth-order valence-corrected chi connectivity index (χ4v) is 2.71. The number of nitrogens with one attached hydrogen (secondary N) is 2. The third-order valence-corrected chi connectivity index (χ3v) is 3.95. The Morgan fingerprint density at radius 1 is 1.04 bits per heavy atom. The largest absolute Gasteiger partial charge is 0.507 e. The van der Waals surface area contributed by atoms with Crippen LogP contribution in [0.1, 0.15) is 15.9 Å². The number of hydrogen-bond acceptors (Lipinski definition) is 4. The van der Waals surface area contributed by atoms with Gasteiger partial charge in [-0.05, 0) is 23.8 Å². The van der Waals surface area contributed by atoms with Crippen molar-refractivity contribution in [3.63, 3.8) is 0 Å². The van der Waals surface area contributed by atoms with Gasteiger partial charge in [0.1, 0.15) is 23.1 Å². The van der Waals surface area contributed by atoms with Crippen LogP contribution in [0.2, 0.25) is 0 Å². The lowest BCUT2D eigenvalue weighted by molar-refractivity contribution is -0.139. The number of H-pyrrole nitrogens is 1. The number of amides is 1. The first-order chi connectivity index (χ1) is 12.0. The fraction of sp³-hybridized carbons (Fsp3) is 0.111. The van der Waals surface area contributed by atoms with Crippen LogP contribution in [0.4, 0.5) is 0 Å². The first-order valence-corrected chi connectivity index (χ1v) is 7.57. The van der Waals surface area contributed by atoms with Crippen molar-refractivity contribution in [2.45, 2.75) is 12.5 Å². The predicted molar refractivity (Wildman–Crippen MR) is 90.7 cm³/mol. The Hall–Kier alpha value is -3.48. The molecule has 0 saturated heterocycles. The van der Waals surface area contributed by atoms with Gasteiger partial charge >= 0.3 is 5.97 Å². The van der Waals surface area contributed by atoms with Crippen molar-refractivity contribution in [3.05, 3.63) is 59.8 Å². The summed E-state index contributed by atoms with van der Waals surface area (Å²) in [4.78, 5) is 26.9. The molecule has 25 heavy (non-hydrogen) atoms. The number of benzene rings is 2. The van der Waals surface area contributed by atoms with Crippen LogP contribution in [-0.4, -0.2) is 38.2 Å². The maximum atomic E-state index is 12.3. The molecule has 5 N–H and O–H groups in total. The summed E-state index contributed by atoms with van der Waals surface area (Å²) in [5.41, 5.74) is 1.25. The minimum atomic E-state index is -1.22. The van der Waals surface area contributed by atoms with Gasteiger partial charge in [-0.15, -0.1) is 0 Å². The topological polar surface area (TPSA) is 123 Å². The van der Waals surface area contributed by atoms with Crippen LogP contribution in [-0.2, 0) is 11.2 Å². The van der Waals surface area contributed by atoms with Gasteiger partial charge in [0.25, 0.3) is 5.91 Å². The summed E-state index contributed by atoms with van der Waals surface area (Å²) in [6.45, 7) is 0. The number of hydrogen-bond donors (Lipinski definition) is 5. The molecule has 7 nitrogen and oxygen atoms in total. The van der Waals surface area contributed by atoms with Crippen molar-refractivity contribution in [3.8, 4) is 11.5 Å². The monoisotopic (exact) mass is 340 g/mol. The number of carbonyl (C=O) groups excluding carboxylic acids is 1. The molecule has 0 saturated carbocycles. The maximum Gasteiger partial charge on any atom is 0.326 e. The molecule has 0 fully saturated rings. The third-order valence-electron chi connectivity index (χ3n) is 3.95. The number of aliphatic carboxylic acids is 1. The number of phenols is 2. The number of aromatic nitrogens is 1. The van der Waals surface area contributed by atoms with Crippen LogP contribution in [0.25, 0.3) is 10.9 Å². The van der Waals surface area contributed by atoms with Gasteiger partial charge in [-0.3, -0.25) is 4.79 Å². The number of rotatable bonds is 5. The van der Waals surface area contributed by atoms with Crippen LogP contribution in [0, 0.1) is 0 Å². The molecule has 0 bridgehead atoms. The van der Waals surface area contributed by atoms with Crippen molar-refractivity contribution < 1.29 is 24.9 Å². The summed E-state index contributed by atoms with van der Waals surface area (Å²) >= 11 is 0. The minimum Gasteiger partial charge on any atom is -0.507 e. The number of phenolic OH excluding ortho intramolecular Hbond substituents is 2. The highest BCUT2D eigenvalue weighted by Gasteiger charge is 2.25. The van der Waals surface area contributed by atoms with E-state index in [0.717, 1.165) is 16.5 Å². The van der Waals surface area contributed by atoms with E-state index in [0.29, 0.717) is 0 Å². The smallest absolute Gasteiger partial charge is 0.326 e. The number of para-hydroxylation sites is 1. The van der Waals surface area contributed by atoms with Gasteiger partial charge in [0.2, 0.25) is 0 Å². The van der Waals surface area contributed by atoms with E-state index in [2.05, 4.69) is 10.3 Å². The summed E-state index contributed by atoms with van der Waals surface area (Å²) < 4.78 is 0. The molecule has 1 heterocycles. The van der Waals surface area contributed by atoms with Crippen LogP contribution in [0.5, 0.6) is 11.5 Å². The molecule has 0 aliphatic heterocycles. The molecule has 0 aliphatic carbocycles. The molecule has 0 spiro atoms. The van der Waals surface area contributed by atoms with E-state index in [1.54, 1.807) is 6.20 Å². The lowest BCUT2D eigenvalue weighted by atomic mass is 10.0. The molecule has 1 amide bonds. The van der Waals surface area contributed by atoms with E-state index in [1.165, 1.54) is 18.2 Å². The number of fused-ring (bicyclic) bond motifs is 1. The maximum absolute atomic E-state index is 12.3. The SMILES string of the molecule is O=C(NC(Cc1c[nH]c2ccccc12)C(=O)O)c1c(O)cccc1O. The Morgan fingerprint density at radius 2 is 1.72 bits per heavy atom. The van der Waals surface area contributed by atoms with E-state index < -0.39 is 29.4 Å². The van der Waals surface area contributed by atoms with Crippen molar-refractivity contribution >= 4 is 22.8 Å². The van der Waals surface area contributed by atoms with Crippen LogP contribution in [0.15, 0.2) is 48.7 Å². The molecule has 3 rings (SSSR count). The van der Waals surface area contributed by atoms with Crippen molar-refractivity contribution in [1.29, 1.82) is 0 Å². The number of carboxylic acid groups (broad SMARTS) is 1. The Morgan fingerprint density at radius 3 is 2.40 bits per heavy atom. The van der Waals surface area contributed by atoms with Gasteiger partial charge in [-0.1, -0.05) is 24.3 Å². The standard InChI is InChI=1S/C18H16N2O5/c21-14-6-3-7-15(22)16(14)17(23)20-13(18(24)25)8-10-9-19-12-5-2-1-4-11(10)12/h1-7,9,13,19,21-22H,8H2,(H,20,23)(H,24,25). The summed E-state index contributed by atoms with van der Waals surface area (Å²) in [7, 11) is 0. The molecule has 2 aromatic carbocycles. The number of carbonyl (C=O) groups is 2. The van der Waals surface area contributed by atoms with Crippen LogP contribution >= 0.6 is 0 Å². The van der Waals surface area contributed by atoms with Crippen LogP contribution in [0.3, 0.4) is 0 Å². The van der Waals surface area contributed by atoms with Crippen LogP contribution < -0.4 is 5.32 Å². The summed E-state index contributed by atoms with van der Waals surface area (Å²) in [5.74, 6) is -2.92. The lowest BCUT2D eigenvalue weighted by Gasteiger charge is -2.15. The Bertz CT molecular complexity index is 927. The minimum absolute atomic E-state index is 0.0550. The first kappa shape index (κ1) is 16.4. The van der Waals surface area contributed by atoms with E-state index in [1.807, 2.05) is 24.3 Å². The highest BCUT2D eigenvalue weighted by molar-refractivity contribution is 6.01. The van der Waals surface area contributed by atoms with Gasteiger partial charge in [-0.2, -0.15) is 0 Å². The Labute approximate surface area is 142 Å². The molecular formula is C18H16N2O5. The third kappa shape index (κ3) is 3.25. The highest BCUT2D eigenvalue weighted by atomic mass is 16.4. The van der Waals surface area contributed by atoms with Crippen molar-refractivity contribution in [2.24, 2.45) is 0 Å². The average Bonchev–Trinajstić information content (AvgIpc) is 2.97. The fourth-order valence-electron chi connectivity index (χ4n) is 2.71. The van der Waals surface area contributed by atoms with E-state index in [4.69, 9.17) is 0 Å². The number of carboxylic acids is 1. The number of aromatic hydroxyl groups is 2. The first-order valence-electron chi connectivity index (χ1n) is 7.57. The molecule has 1 unspecified atom stereocenters. The zero-order valence-corrected chi connectivity index (χ0v) is 13.1. The van der Waals surface area contributed by atoms with Gasteiger partial charge < -0.3 is 25.6 Å². The molecule has 1 aromatic heterocycles. The lowest BCUT2D eigenvalue weighted by Crippen LogP contribution is -2.42. The zero-order valence-electron chi connectivity index (χ0n) is 13.1. The van der Waals surface area contributed by atoms with E-state index in [-0.39, 0.29) is 12.0 Å². The summed E-state index contributed by atoms with van der Waals surface area (Å²) in [5, 5.41) is 32.1. The Balaban J connectivity index is 1.85. The molecule has 128 valence electrons. The molecular weight excluding hydrogens is 324 g/mol. The molecule has 1 atom stereocenters. The quantitative estimate of drug-likeness (QED) is 0.486. The van der Waals surface area contributed by atoms with Gasteiger partial charge in [0.15, 0.2) is 0 Å². The van der Waals surface area contributed by atoms with Gasteiger partial charge in [-0.25, -0.2) is 4.79 Å². The zero-order chi connectivity index (χ0) is 18.0. The van der Waals surface area contributed by atoms with E-state index in [9.17, 15) is 24.9 Å². The second kappa shape index (κ2) is 6.56. The Kier molecular flexibility index (Phi) is 4.30. The average molecular weight is 340 g/mol. The number of aromatic amines is 1. The second-order valence-corrected chi connectivity index (χ2v) is 5.60.